The van der Waals surface area contributed by atoms with Crippen LogP contribution in [0.3, 0.4) is 0 Å². The van der Waals surface area contributed by atoms with E-state index in [0.717, 1.165) is 10.2 Å². The van der Waals surface area contributed by atoms with Gasteiger partial charge in [0.25, 0.3) is 0 Å². The number of halogens is 1. The first kappa shape index (κ1) is 11.7. The Morgan fingerprint density at radius 1 is 1.41 bits per heavy atom. The van der Waals surface area contributed by atoms with Gasteiger partial charge in [0.2, 0.25) is 0 Å². The third-order valence-electron chi connectivity index (χ3n) is 2.25. The molecule has 2 rings (SSSR count). The van der Waals surface area contributed by atoms with E-state index >= 15 is 0 Å². The lowest BCUT2D eigenvalue weighted by Gasteiger charge is -2.05. The lowest BCUT2D eigenvalue weighted by molar-refractivity contribution is 0.0694. The Balaban J connectivity index is 2.07. The number of nitrogens with one attached hydrogen (secondary N) is 1. The molecule has 5 heteroatoms. The molecule has 0 aliphatic carbocycles. The van der Waals surface area contributed by atoms with Crippen LogP contribution in [0, 0.1) is 0 Å². The highest BCUT2D eigenvalue weighted by Crippen LogP contribution is 2.18. The molecule has 2 aromatic rings. The molecule has 4 nitrogen and oxygen atoms in total. The number of aromatic carboxylic acids is 1. The Bertz CT molecular complexity index is 536. The minimum atomic E-state index is -0.982. The maximum absolute atomic E-state index is 10.9. The van der Waals surface area contributed by atoms with Gasteiger partial charge >= 0.3 is 5.97 Å². The van der Waals surface area contributed by atoms with E-state index in [4.69, 9.17) is 9.52 Å². The first-order valence-corrected chi connectivity index (χ1v) is 5.75. The van der Waals surface area contributed by atoms with Gasteiger partial charge in [0.15, 0.2) is 0 Å². The highest BCUT2D eigenvalue weighted by molar-refractivity contribution is 9.10. The minimum Gasteiger partial charge on any atom is -0.478 e. The first-order chi connectivity index (χ1) is 8.16. The summed E-state index contributed by atoms with van der Waals surface area (Å²) in [7, 11) is 0. The van der Waals surface area contributed by atoms with E-state index in [1.165, 1.54) is 12.3 Å². The van der Waals surface area contributed by atoms with Crippen molar-refractivity contribution in [2.24, 2.45) is 0 Å². The van der Waals surface area contributed by atoms with Gasteiger partial charge in [-0.05, 0) is 24.3 Å². The fourth-order valence-electron chi connectivity index (χ4n) is 1.45. The molecule has 2 N–H and O–H groups in total. The summed E-state index contributed by atoms with van der Waals surface area (Å²) in [6.07, 6.45) is 1.38. The smallest absolute Gasteiger partial charge is 0.339 e. The van der Waals surface area contributed by atoms with Crippen molar-refractivity contribution in [1.29, 1.82) is 0 Å². The zero-order chi connectivity index (χ0) is 12.3. The van der Waals surface area contributed by atoms with Crippen LogP contribution < -0.4 is 5.32 Å². The normalized spacial score (nSPS) is 10.2. The zero-order valence-corrected chi connectivity index (χ0v) is 10.4. The summed E-state index contributed by atoms with van der Waals surface area (Å²) < 4.78 is 6.08. The molecule has 0 aliphatic heterocycles. The van der Waals surface area contributed by atoms with Gasteiger partial charge in [0.1, 0.15) is 11.3 Å². The third-order valence-corrected chi connectivity index (χ3v) is 2.75. The standard InChI is InChI=1S/C12H10BrNO3/c13-8-2-1-3-9(6-8)14-7-11-10(12(15)16)4-5-17-11/h1-6,14H,7H2,(H,15,16). The van der Waals surface area contributed by atoms with Crippen LogP contribution in [0.15, 0.2) is 45.5 Å². The number of anilines is 1. The van der Waals surface area contributed by atoms with Crippen molar-refractivity contribution in [3.8, 4) is 0 Å². The van der Waals surface area contributed by atoms with Crippen molar-refractivity contribution in [2.45, 2.75) is 6.54 Å². The topological polar surface area (TPSA) is 62.5 Å². The molecule has 17 heavy (non-hydrogen) atoms. The van der Waals surface area contributed by atoms with Crippen LogP contribution in [-0.2, 0) is 6.54 Å². The molecule has 1 aromatic carbocycles. The molecule has 0 spiro atoms. The Kier molecular flexibility index (Phi) is 3.49. The molecule has 0 atom stereocenters. The lowest BCUT2D eigenvalue weighted by Crippen LogP contribution is -2.04. The van der Waals surface area contributed by atoms with Gasteiger partial charge in [-0.3, -0.25) is 0 Å². The van der Waals surface area contributed by atoms with Gasteiger partial charge in [-0.1, -0.05) is 22.0 Å². The van der Waals surface area contributed by atoms with Gasteiger partial charge in [-0.15, -0.1) is 0 Å². The van der Waals surface area contributed by atoms with Crippen molar-refractivity contribution in [3.63, 3.8) is 0 Å². The molecule has 0 bridgehead atoms. The molecule has 0 saturated heterocycles. The van der Waals surface area contributed by atoms with Gasteiger partial charge < -0.3 is 14.8 Å². The van der Waals surface area contributed by atoms with Crippen LogP contribution in [0.25, 0.3) is 0 Å². The number of rotatable bonds is 4. The summed E-state index contributed by atoms with van der Waals surface area (Å²) in [6.45, 7) is 0.338. The Labute approximate surface area is 106 Å². The molecule has 1 aromatic heterocycles. The molecular weight excluding hydrogens is 286 g/mol. The molecule has 0 saturated carbocycles. The average molecular weight is 296 g/mol. The summed E-state index contributed by atoms with van der Waals surface area (Å²) >= 11 is 3.36. The SMILES string of the molecule is O=C(O)c1ccoc1CNc1cccc(Br)c1. The summed E-state index contributed by atoms with van der Waals surface area (Å²) in [4.78, 5) is 10.9. The summed E-state index contributed by atoms with van der Waals surface area (Å²) in [5.74, 6) is -0.567. The predicted molar refractivity (Wildman–Crippen MR) is 67.1 cm³/mol. The van der Waals surface area contributed by atoms with E-state index in [2.05, 4.69) is 21.2 Å². The maximum Gasteiger partial charge on any atom is 0.339 e. The summed E-state index contributed by atoms with van der Waals surface area (Å²) in [5.41, 5.74) is 1.08. The molecular formula is C12H10BrNO3. The lowest BCUT2D eigenvalue weighted by atomic mass is 10.2. The fraction of sp³-hybridized carbons (Fsp3) is 0.0833. The number of hydrogen-bond acceptors (Lipinski definition) is 3. The van der Waals surface area contributed by atoms with Crippen LogP contribution in [0.5, 0.6) is 0 Å². The van der Waals surface area contributed by atoms with Gasteiger partial charge in [0.05, 0.1) is 12.8 Å². The van der Waals surface area contributed by atoms with Crippen molar-refractivity contribution >= 4 is 27.6 Å². The molecule has 0 amide bonds. The predicted octanol–water partition coefficient (Wildman–Crippen LogP) is 3.35. The number of carboxylic acid groups (broad SMARTS) is 1. The summed E-state index contributed by atoms with van der Waals surface area (Å²) in [5, 5.41) is 12.0. The van der Waals surface area contributed by atoms with Crippen molar-refractivity contribution in [3.05, 3.63) is 52.4 Å². The molecule has 88 valence electrons. The third kappa shape index (κ3) is 2.88. The maximum atomic E-state index is 10.9. The second kappa shape index (κ2) is 5.05. The number of benzene rings is 1. The highest BCUT2D eigenvalue weighted by Gasteiger charge is 2.12. The average Bonchev–Trinajstić information content (AvgIpc) is 2.74. The van der Waals surface area contributed by atoms with E-state index in [9.17, 15) is 4.79 Å². The highest BCUT2D eigenvalue weighted by atomic mass is 79.9. The number of carboxylic acids is 1. The number of carbonyl (C=O) groups is 1. The van der Waals surface area contributed by atoms with Gasteiger partial charge in [-0.2, -0.15) is 0 Å². The molecule has 1 heterocycles. The van der Waals surface area contributed by atoms with E-state index in [0.29, 0.717) is 12.3 Å². The monoisotopic (exact) mass is 295 g/mol. The molecule has 0 unspecified atom stereocenters. The first-order valence-electron chi connectivity index (χ1n) is 4.96. The number of furan rings is 1. The quantitative estimate of drug-likeness (QED) is 0.908. The minimum absolute atomic E-state index is 0.187. The van der Waals surface area contributed by atoms with Gasteiger partial charge in [-0.25, -0.2) is 4.79 Å². The largest absolute Gasteiger partial charge is 0.478 e. The Morgan fingerprint density at radius 3 is 2.94 bits per heavy atom. The van der Waals surface area contributed by atoms with Crippen molar-refractivity contribution in [2.75, 3.05) is 5.32 Å². The van der Waals surface area contributed by atoms with Crippen LogP contribution >= 0.6 is 15.9 Å². The van der Waals surface area contributed by atoms with E-state index in [1.807, 2.05) is 24.3 Å². The van der Waals surface area contributed by atoms with Crippen LogP contribution in [-0.4, -0.2) is 11.1 Å². The van der Waals surface area contributed by atoms with E-state index < -0.39 is 5.97 Å². The Hall–Kier alpha value is -1.75. The Morgan fingerprint density at radius 2 is 2.24 bits per heavy atom. The van der Waals surface area contributed by atoms with Crippen LogP contribution in [0.1, 0.15) is 16.1 Å². The molecule has 0 fully saturated rings. The molecule has 0 aliphatic rings. The van der Waals surface area contributed by atoms with Crippen LogP contribution in [0.2, 0.25) is 0 Å². The second-order valence-corrected chi connectivity index (χ2v) is 4.34. The summed E-state index contributed by atoms with van der Waals surface area (Å²) in [6, 6.07) is 9.06. The van der Waals surface area contributed by atoms with Crippen molar-refractivity contribution < 1.29 is 14.3 Å². The van der Waals surface area contributed by atoms with E-state index in [-0.39, 0.29) is 5.56 Å². The number of hydrogen-bond donors (Lipinski definition) is 2. The van der Waals surface area contributed by atoms with Gasteiger partial charge in [0, 0.05) is 10.2 Å². The molecule has 0 radical (unpaired) electrons. The second-order valence-electron chi connectivity index (χ2n) is 3.43. The van der Waals surface area contributed by atoms with E-state index in [1.54, 1.807) is 0 Å². The van der Waals surface area contributed by atoms with Crippen molar-refractivity contribution in [1.82, 2.24) is 0 Å². The fourth-order valence-corrected chi connectivity index (χ4v) is 1.85. The van der Waals surface area contributed by atoms with Crippen LogP contribution in [0.4, 0.5) is 5.69 Å². The zero-order valence-electron chi connectivity index (χ0n) is 8.81.